The lowest BCUT2D eigenvalue weighted by Gasteiger charge is -2.16. The molecule has 27 heavy (non-hydrogen) atoms. The first-order valence-electron chi connectivity index (χ1n) is 7.94. The van der Waals surface area contributed by atoms with Crippen molar-refractivity contribution in [2.45, 2.75) is 25.9 Å². The van der Waals surface area contributed by atoms with Gasteiger partial charge in [0.1, 0.15) is 17.9 Å². The maximum absolute atomic E-state index is 12.9. The normalized spacial score (nSPS) is 14.5. The summed E-state index contributed by atoms with van der Waals surface area (Å²) in [5.41, 5.74) is -3.02. The van der Waals surface area contributed by atoms with Crippen molar-refractivity contribution >= 4 is 11.0 Å². The van der Waals surface area contributed by atoms with E-state index in [1.807, 2.05) is 0 Å². The third-order valence-corrected chi connectivity index (χ3v) is 4.37. The van der Waals surface area contributed by atoms with Gasteiger partial charge >= 0.3 is 11.9 Å². The van der Waals surface area contributed by atoms with Crippen molar-refractivity contribution in [1.82, 2.24) is 28.9 Å². The quantitative estimate of drug-likeness (QED) is 0.632. The molecular weight excluding hydrogens is 369 g/mol. The zero-order valence-electron chi connectivity index (χ0n) is 14.0. The summed E-state index contributed by atoms with van der Waals surface area (Å²) >= 11 is 0. The molecule has 0 spiro atoms. The summed E-state index contributed by atoms with van der Waals surface area (Å²) in [4.78, 5) is 28.7. The highest BCUT2D eigenvalue weighted by Gasteiger charge is 2.33. The highest BCUT2D eigenvalue weighted by atomic mass is 19.4. The molecule has 142 valence electrons. The maximum atomic E-state index is 12.9. The van der Waals surface area contributed by atoms with Crippen LogP contribution in [0.2, 0.25) is 0 Å². The second kappa shape index (κ2) is 6.01. The highest BCUT2D eigenvalue weighted by molar-refractivity contribution is 5.74. The average molecular weight is 382 g/mol. The topological polar surface area (TPSA) is 96.8 Å². The first-order chi connectivity index (χ1) is 12.8. The molecule has 3 aromatic rings. The molecule has 1 aliphatic heterocycles. The Kier molecular flexibility index (Phi) is 3.87. The molecular formula is C15H13F3N6O3. The summed E-state index contributed by atoms with van der Waals surface area (Å²) in [7, 11) is 1.26. The van der Waals surface area contributed by atoms with E-state index in [1.54, 1.807) is 4.57 Å². The molecule has 0 saturated heterocycles. The minimum absolute atomic E-state index is 0.0909. The number of hydrogen-bond acceptors (Lipinski definition) is 6. The molecule has 4 rings (SSSR count). The lowest BCUT2D eigenvalue weighted by atomic mass is 10.2. The van der Waals surface area contributed by atoms with Crippen LogP contribution in [0.3, 0.4) is 0 Å². The Morgan fingerprint density at radius 2 is 2.00 bits per heavy atom. The molecule has 0 fully saturated rings. The fraction of sp³-hybridized carbons (Fsp3) is 0.400. The molecule has 1 aliphatic rings. The molecule has 0 N–H and O–H groups in total. The number of nitrogens with zero attached hydrogens (tertiary/aromatic N) is 6. The Balaban J connectivity index is 1.86. The molecule has 0 saturated carbocycles. The van der Waals surface area contributed by atoms with Gasteiger partial charge in [-0.3, -0.25) is 13.9 Å². The van der Waals surface area contributed by atoms with E-state index in [2.05, 4.69) is 15.2 Å². The Bertz CT molecular complexity index is 1160. The molecule has 4 heterocycles. The lowest BCUT2D eigenvalue weighted by molar-refractivity contribution is -0.141. The predicted octanol–water partition coefficient (Wildman–Crippen LogP) is 0.284. The molecule has 0 unspecified atom stereocenters. The van der Waals surface area contributed by atoms with Crippen LogP contribution in [0.15, 0.2) is 21.7 Å². The van der Waals surface area contributed by atoms with Gasteiger partial charge in [-0.15, -0.1) is 10.2 Å². The van der Waals surface area contributed by atoms with Gasteiger partial charge in [-0.2, -0.15) is 13.2 Å². The molecule has 0 aliphatic carbocycles. The summed E-state index contributed by atoms with van der Waals surface area (Å²) in [6, 6.07) is 1.74. The van der Waals surface area contributed by atoms with Crippen LogP contribution in [-0.2, 0) is 37.7 Å². The van der Waals surface area contributed by atoms with Gasteiger partial charge in [0.25, 0.3) is 5.56 Å². The van der Waals surface area contributed by atoms with Crippen molar-refractivity contribution in [3.8, 4) is 0 Å². The van der Waals surface area contributed by atoms with Gasteiger partial charge in [0.15, 0.2) is 11.6 Å². The van der Waals surface area contributed by atoms with E-state index >= 15 is 0 Å². The van der Waals surface area contributed by atoms with Crippen molar-refractivity contribution in [2.75, 3.05) is 6.61 Å². The Morgan fingerprint density at radius 3 is 2.74 bits per heavy atom. The lowest BCUT2D eigenvalue weighted by Crippen LogP contribution is -2.40. The van der Waals surface area contributed by atoms with E-state index < -0.39 is 23.1 Å². The summed E-state index contributed by atoms with van der Waals surface area (Å²) in [6.07, 6.45) is -4.68. The predicted molar refractivity (Wildman–Crippen MR) is 85.0 cm³/mol. The molecule has 0 aromatic carbocycles. The number of alkyl halides is 3. The fourth-order valence-electron chi connectivity index (χ4n) is 2.99. The van der Waals surface area contributed by atoms with Crippen LogP contribution >= 0.6 is 0 Å². The number of hydrogen-bond donors (Lipinski definition) is 0. The smallest absolute Gasteiger partial charge is 0.372 e. The number of ether oxygens (including phenoxy) is 1. The molecule has 3 aromatic heterocycles. The molecule has 12 heteroatoms. The zero-order chi connectivity index (χ0) is 19.3. The summed E-state index contributed by atoms with van der Waals surface area (Å²) in [5, 5.41) is 7.86. The minimum atomic E-state index is -4.68. The average Bonchev–Trinajstić information content (AvgIpc) is 3.05. The van der Waals surface area contributed by atoms with Gasteiger partial charge in [-0.05, 0) is 12.1 Å². The molecule has 0 amide bonds. The molecule has 0 radical (unpaired) electrons. The van der Waals surface area contributed by atoms with E-state index in [1.165, 1.54) is 7.05 Å². The van der Waals surface area contributed by atoms with E-state index in [0.717, 1.165) is 21.3 Å². The Morgan fingerprint density at radius 1 is 1.22 bits per heavy atom. The molecule has 0 bridgehead atoms. The van der Waals surface area contributed by atoms with Crippen LogP contribution in [0.4, 0.5) is 13.2 Å². The first kappa shape index (κ1) is 17.4. The number of aromatic nitrogens is 6. The third kappa shape index (κ3) is 2.81. The fourth-order valence-corrected chi connectivity index (χ4v) is 2.99. The van der Waals surface area contributed by atoms with Crippen LogP contribution in [-0.4, -0.2) is 35.5 Å². The van der Waals surface area contributed by atoms with Crippen LogP contribution in [0.5, 0.6) is 0 Å². The van der Waals surface area contributed by atoms with Crippen molar-refractivity contribution in [2.24, 2.45) is 7.05 Å². The highest BCUT2D eigenvalue weighted by Crippen LogP contribution is 2.28. The number of pyridine rings is 1. The van der Waals surface area contributed by atoms with Gasteiger partial charge < -0.3 is 9.30 Å². The zero-order valence-corrected chi connectivity index (χ0v) is 14.0. The van der Waals surface area contributed by atoms with Crippen molar-refractivity contribution in [3.63, 3.8) is 0 Å². The maximum Gasteiger partial charge on any atom is 0.433 e. The van der Waals surface area contributed by atoms with E-state index in [9.17, 15) is 22.8 Å². The van der Waals surface area contributed by atoms with Crippen LogP contribution in [0, 0.1) is 0 Å². The first-order valence-corrected chi connectivity index (χ1v) is 7.94. The van der Waals surface area contributed by atoms with E-state index in [-0.39, 0.29) is 24.2 Å². The summed E-state index contributed by atoms with van der Waals surface area (Å²) in [5.74, 6) is 0.977. The minimum Gasteiger partial charge on any atom is -0.372 e. The number of fused-ring (bicyclic) bond motifs is 2. The van der Waals surface area contributed by atoms with Crippen molar-refractivity contribution in [1.29, 1.82) is 0 Å². The third-order valence-electron chi connectivity index (χ3n) is 4.37. The summed E-state index contributed by atoms with van der Waals surface area (Å²) < 4.78 is 47.5. The van der Waals surface area contributed by atoms with E-state index in [0.29, 0.717) is 24.8 Å². The standard InChI is InChI=1S/C15H13F3N6O3/c1-22-12-8(2-3-9(19-12)15(16,17)18)13(25)24(14(22)26)6-10-20-21-11-7-27-5-4-23(10)11/h2-3H,4-7H2,1H3. The van der Waals surface area contributed by atoms with Crippen LogP contribution in [0.1, 0.15) is 17.3 Å². The Labute approximate surface area is 148 Å². The Hall–Kier alpha value is -3.02. The van der Waals surface area contributed by atoms with Gasteiger partial charge in [-0.1, -0.05) is 0 Å². The molecule has 9 nitrogen and oxygen atoms in total. The van der Waals surface area contributed by atoms with Crippen LogP contribution in [0.25, 0.3) is 11.0 Å². The van der Waals surface area contributed by atoms with Gasteiger partial charge in [0, 0.05) is 13.6 Å². The van der Waals surface area contributed by atoms with Gasteiger partial charge in [0.05, 0.1) is 18.5 Å². The van der Waals surface area contributed by atoms with Gasteiger partial charge in [-0.25, -0.2) is 9.78 Å². The number of aryl methyl sites for hydroxylation is 1. The second-order valence-electron chi connectivity index (χ2n) is 6.03. The monoisotopic (exact) mass is 382 g/mol. The van der Waals surface area contributed by atoms with Crippen molar-refractivity contribution in [3.05, 3.63) is 50.3 Å². The molecule has 0 atom stereocenters. The largest absolute Gasteiger partial charge is 0.433 e. The van der Waals surface area contributed by atoms with Crippen molar-refractivity contribution < 1.29 is 17.9 Å². The SMILES string of the molecule is Cn1c(=O)n(Cc2nnc3n2CCOC3)c(=O)c2ccc(C(F)(F)F)nc21. The van der Waals surface area contributed by atoms with Crippen LogP contribution < -0.4 is 11.2 Å². The second-order valence-corrected chi connectivity index (χ2v) is 6.03. The number of rotatable bonds is 2. The number of halogens is 3. The summed E-state index contributed by atoms with van der Waals surface area (Å²) in [6.45, 7) is 1.06. The van der Waals surface area contributed by atoms with E-state index in [4.69, 9.17) is 4.74 Å². The van der Waals surface area contributed by atoms with Gasteiger partial charge in [0.2, 0.25) is 0 Å².